The number of pyridine rings is 1. The lowest BCUT2D eigenvalue weighted by molar-refractivity contribution is -0.142. The van der Waals surface area contributed by atoms with Crippen LogP contribution < -0.4 is 10.9 Å². The number of nitrogens with one attached hydrogen (secondary N) is 1. The lowest BCUT2D eigenvalue weighted by Gasteiger charge is -2.13. The summed E-state index contributed by atoms with van der Waals surface area (Å²) in [6.07, 6.45) is 4.47. The average Bonchev–Trinajstić information content (AvgIpc) is 2.44. The van der Waals surface area contributed by atoms with Crippen LogP contribution in [0, 0.1) is 6.92 Å². The summed E-state index contributed by atoms with van der Waals surface area (Å²) in [6.45, 7) is 4.30. The third-order valence-corrected chi connectivity index (χ3v) is 3.42. The molecule has 0 aliphatic heterocycles. The number of carbonyl (C=O) groups is 2. The second-order valence-electron chi connectivity index (χ2n) is 5.44. The van der Waals surface area contributed by atoms with E-state index in [1.54, 1.807) is 16.8 Å². The number of carboxylic acid groups (broad SMARTS) is 1. The number of aryl methyl sites for hydroxylation is 2. The summed E-state index contributed by atoms with van der Waals surface area (Å²) in [4.78, 5) is 34.3. The van der Waals surface area contributed by atoms with Crippen molar-refractivity contribution in [3.63, 3.8) is 0 Å². The molecule has 0 saturated heterocycles. The van der Waals surface area contributed by atoms with Gasteiger partial charge in [-0.25, -0.2) is 4.79 Å². The van der Waals surface area contributed by atoms with Crippen LogP contribution in [0.4, 0.5) is 0 Å². The first-order valence-corrected chi connectivity index (χ1v) is 7.63. The molecule has 1 amide bonds. The third kappa shape index (κ3) is 6.11. The molecule has 0 aliphatic carbocycles. The lowest BCUT2D eigenvalue weighted by Crippen LogP contribution is -2.40. The van der Waals surface area contributed by atoms with Crippen LogP contribution in [0.15, 0.2) is 23.1 Å². The van der Waals surface area contributed by atoms with Crippen LogP contribution in [-0.4, -0.2) is 27.6 Å². The van der Waals surface area contributed by atoms with E-state index in [4.69, 9.17) is 5.11 Å². The molecule has 0 bridgehead atoms. The summed E-state index contributed by atoms with van der Waals surface area (Å²) < 4.78 is 1.61. The minimum atomic E-state index is -0.999. The Morgan fingerprint density at radius 1 is 1.36 bits per heavy atom. The Morgan fingerprint density at radius 3 is 2.68 bits per heavy atom. The summed E-state index contributed by atoms with van der Waals surface area (Å²) >= 11 is 0. The van der Waals surface area contributed by atoms with Crippen molar-refractivity contribution in [2.75, 3.05) is 0 Å². The molecule has 1 atom stereocenters. The standard InChI is InChI=1S/C16H24N2O4/c1-3-6-13(16(21)22)17-14(19)7-4-5-9-18-10-8-12(2)11-15(18)20/h8,10-11,13H,3-7,9H2,1-2H3,(H,17,19)(H,21,22). The van der Waals surface area contributed by atoms with Gasteiger partial charge in [-0.3, -0.25) is 9.59 Å². The van der Waals surface area contributed by atoms with Crippen molar-refractivity contribution >= 4 is 11.9 Å². The zero-order valence-corrected chi connectivity index (χ0v) is 13.2. The second-order valence-corrected chi connectivity index (χ2v) is 5.44. The lowest BCUT2D eigenvalue weighted by atomic mass is 10.1. The summed E-state index contributed by atoms with van der Waals surface area (Å²) in [5.74, 6) is -1.25. The number of unbranched alkanes of at least 4 members (excludes halogenated alkanes) is 1. The van der Waals surface area contributed by atoms with Gasteiger partial charge in [0, 0.05) is 25.2 Å². The first-order valence-electron chi connectivity index (χ1n) is 7.63. The van der Waals surface area contributed by atoms with Gasteiger partial charge in [0.2, 0.25) is 5.91 Å². The molecule has 6 heteroatoms. The topological polar surface area (TPSA) is 88.4 Å². The highest BCUT2D eigenvalue weighted by Gasteiger charge is 2.18. The molecule has 0 aromatic carbocycles. The number of aliphatic carboxylic acids is 1. The normalized spacial score (nSPS) is 11.9. The van der Waals surface area contributed by atoms with Crippen molar-refractivity contribution in [1.82, 2.24) is 9.88 Å². The van der Waals surface area contributed by atoms with E-state index in [0.717, 1.165) is 5.56 Å². The number of aromatic nitrogens is 1. The van der Waals surface area contributed by atoms with Crippen molar-refractivity contribution in [2.45, 2.75) is 58.5 Å². The Bertz CT molecular complexity index is 566. The molecule has 1 rings (SSSR count). The van der Waals surface area contributed by atoms with Crippen LogP contribution >= 0.6 is 0 Å². The summed E-state index contributed by atoms with van der Waals surface area (Å²) in [7, 11) is 0. The van der Waals surface area contributed by atoms with Crippen LogP contribution in [0.25, 0.3) is 0 Å². The SMILES string of the molecule is CCCC(NC(=O)CCCCn1ccc(C)cc1=O)C(=O)O. The fraction of sp³-hybridized carbons (Fsp3) is 0.562. The summed E-state index contributed by atoms with van der Waals surface area (Å²) in [5, 5.41) is 11.5. The molecule has 1 heterocycles. The predicted octanol–water partition coefficient (Wildman–Crippen LogP) is 1.70. The Morgan fingerprint density at radius 2 is 2.09 bits per heavy atom. The maximum Gasteiger partial charge on any atom is 0.326 e. The van der Waals surface area contributed by atoms with Gasteiger partial charge in [0.15, 0.2) is 0 Å². The van der Waals surface area contributed by atoms with Gasteiger partial charge in [-0.2, -0.15) is 0 Å². The molecule has 0 saturated carbocycles. The monoisotopic (exact) mass is 308 g/mol. The molecular weight excluding hydrogens is 284 g/mol. The molecule has 6 nitrogen and oxygen atoms in total. The van der Waals surface area contributed by atoms with Gasteiger partial charge in [0.05, 0.1) is 0 Å². The van der Waals surface area contributed by atoms with E-state index in [1.165, 1.54) is 0 Å². The van der Waals surface area contributed by atoms with Crippen LogP contribution in [0.5, 0.6) is 0 Å². The van der Waals surface area contributed by atoms with E-state index in [1.807, 2.05) is 19.9 Å². The van der Waals surface area contributed by atoms with Gasteiger partial charge in [-0.15, -0.1) is 0 Å². The van der Waals surface area contributed by atoms with Crippen LogP contribution in [0.2, 0.25) is 0 Å². The Kier molecular flexibility index (Phi) is 7.36. The largest absolute Gasteiger partial charge is 0.480 e. The molecule has 0 radical (unpaired) electrons. The third-order valence-electron chi connectivity index (χ3n) is 3.42. The Balaban J connectivity index is 2.33. The van der Waals surface area contributed by atoms with Crippen molar-refractivity contribution in [1.29, 1.82) is 0 Å². The minimum Gasteiger partial charge on any atom is -0.480 e. The quantitative estimate of drug-likeness (QED) is 0.680. The fourth-order valence-electron chi connectivity index (χ4n) is 2.17. The summed E-state index contributed by atoms with van der Waals surface area (Å²) in [6, 6.07) is 2.64. The number of nitrogens with zero attached hydrogens (tertiary/aromatic N) is 1. The van der Waals surface area contributed by atoms with Crippen molar-refractivity contribution < 1.29 is 14.7 Å². The molecule has 1 aromatic heterocycles. The van der Waals surface area contributed by atoms with E-state index < -0.39 is 12.0 Å². The van der Waals surface area contributed by atoms with Crippen molar-refractivity contribution in [3.05, 3.63) is 34.2 Å². The van der Waals surface area contributed by atoms with Crippen LogP contribution in [-0.2, 0) is 16.1 Å². The van der Waals surface area contributed by atoms with Gasteiger partial charge in [0.25, 0.3) is 5.56 Å². The minimum absolute atomic E-state index is 0.0432. The number of hydrogen-bond donors (Lipinski definition) is 2. The zero-order chi connectivity index (χ0) is 16.5. The molecular formula is C16H24N2O4. The Labute approximate surface area is 130 Å². The van der Waals surface area contributed by atoms with Crippen molar-refractivity contribution in [2.24, 2.45) is 0 Å². The van der Waals surface area contributed by atoms with E-state index in [-0.39, 0.29) is 17.9 Å². The number of hydrogen-bond acceptors (Lipinski definition) is 3. The van der Waals surface area contributed by atoms with Gasteiger partial charge < -0.3 is 15.0 Å². The zero-order valence-electron chi connectivity index (χ0n) is 13.2. The van der Waals surface area contributed by atoms with Crippen LogP contribution in [0.1, 0.15) is 44.6 Å². The smallest absolute Gasteiger partial charge is 0.326 e. The molecule has 22 heavy (non-hydrogen) atoms. The van der Waals surface area contributed by atoms with Gasteiger partial charge in [-0.05, 0) is 37.8 Å². The van der Waals surface area contributed by atoms with Gasteiger partial charge in [-0.1, -0.05) is 13.3 Å². The molecule has 1 unspecified atom stereocenters. The maximum absolute atomic E-state index is 11.7. The summed E-state index contributed by atoms with van der Waals surface area (Å²) in [5.41, 5.74) is 0.884. The van der Waals surface area contributed by atoms with E-state index in [0.29, 0.717) is 32.2 Å². The second kappa shape index (κ2) is 9.02. The van der Waals surface area contributed by atoms with Gasteiger partial charge in [0.1, 0.15) is 6.04 Å². The maximum atomic E-state index is 11.7. The molecule has 0 spiro atoms. The van der Waals surface area contributed by atoms with E-state index in [2.05, 4.69) is 5.32 Å². The number of amides is 1. The number of carbonyl (C=O) groups excluding carboxylic acids is 1. The molecule has 1 aromatic rings. The molecule has 2 N–H and O–H groups in total. The van der Waals surface area contributed by atoms with Gasteiger partial charge >= 0.3 is 5.97 Å². The highest BCUT2D eigenvalue weighted by molar-refractivity contribution is 5.83. The highest BCUT2D eigenvalue weighted by atomic mass is 16.4. The van der Waals surface area contributed by atoms with Crippen LogP contribution in [0.3, 0.4) is 0 Å². The number of rotatable bonds is 9. The van der Waals surface area contributed by atoms with E-state index in [9.17, 15) is 14.4 Å². The Hall–Kier alpha value is -2.11. The highest BCUT2D eigenvalue weighted by Crippen LogP contribution is 2.02. The molecule has 0 fully saturated rings. The van der Waals surface area contributed by atoms with Crippen molar-refractivity contribution in [3.8, 4) is 0 Å². The first kappa shape index (κ1) is 17.9. The fourth-order valence-corrected chi connectivity index (χ4v) is 2.17. The molecule has 0 aliphatic rings. The average molecular weight is 308 g/mol. The predicted molar refractivity (Wildman–Crippen MR) is 83.8 cm³/mol. The van der Waals surface area contributed by atoms with E-state index >= 15 is 0 Å². The number of carboxylic acids is 1. The molecule has 122 valence electrons. The first-order chi connectivity index (χ1) is 10.4.